The molecule has 4 fully saturated rings. The second kappa shape index (κ2) is 7.46. The number of methoxy groups -OCH3 is 1. The summed E-state index contributed by atoms with van der Waals surface area (Å²) in [4.78, 5) is 11.7. The summed E-state index contributed by atoms with van der Waals surface area (Å²) in [5.41, 5.74) is -0.0897. The number of rotatable bonds is 5. The molecule has 0 aliphatic heterocycles. The van der Waals surface area contributed by atoms with Crippen LogP contribution in [0.3, 0.4) is 0 Å². The van der Waals surface area contributed by atoms with Crippen LogP contribution >= 0.6 is 0 Å². The van der Waals surface area contributed by atoms with Crippen LogP contribution in [0.2, 0.25) is 0 Å². The van der Waals surface area contributed by atoms with Gasteiger partial charge in [0.15, 0.2) is 0 Å². The highest BCUT2D eigenvalue weighted by molar-refractivity contribution is 5.70. The molecule has 1 N–H and O–H groups in total. The van der Waals surface area contributed by atoms with E-state index in [9.17, 15) is 9.90 Å². The van der Waals surface area contributed by atoms with Gasteiger partial charge in [0.05, 0.1) is 12.5 Å². The molecule has 0 aromatic heterocycles. The van der Waals surface area contributed by atoms with Crippen LogP contribution in [0.4, 0.5) is 8.78 Å². The Bertz CT molecular complexity index is 638. The average molecular weight is 413 g/mol. The van der Waals surface area contributed by atoms with E-state index in [1.54, 1.807) is 0 Å². The molecule has 4 aliphatic carbocycles. The maximum atomic E-state index is 15.6. The van der Waals surface area contributed by atoms with Crippen LogP contribution in [0, 0.1) is 46.3 Å². The SMILES string of the molecule is COCC(CC1CCC2C3C(CCC12C)C1(C)CCCCC1CC3(F)F)C(=O)O. The first kappa shape index (κ1) is 21.5. The van der Waals surface area contributed by atoms with E-state index in [1.165, 1.54) is 13.5 Å². The van der Waals surface area contributed by atoms with Gasteiger partial charge in [-0.3, -0.25) is 4.79 Å². The number of halogens is 2. The summed E-state index contributed by atoms with van der Waals surface area (Å²) in [6.07, 6.45) is 8.57. The van der Waals surface area contributed by atoms with Crippen LogP contribution in [0.1, 0.15) is 78.1 Å². The van der Waals surface area contributed by atoms with Gasteiger partial charge < -0.3 is 9.84 Å². The predicted molar refractivity (Wildman–Crippen MR) is 108 cm³/mol. The fourth-order valence-corrected chi connectivity index (χ4v) is 8.47. The molecule has 5 heteroatoms. The lowest BCUT2D eigenvalue weighted by Gasteiger charge is -2.62. The van der Waals surface area contributed by atoms with E-state index >= 15 is 8.78 Å². The predicted octanol–water partition coefficient (Wildman–Crippen LogP) is 6.02. The third-order valence-electron chi connectivity index (χ3n) is 10.1. The molecule has 0 aromatic rings. The van der Waals surface area contributed by atoms with Gasteiger partial charge in [0.2, 0.25) is 0 Å². The number of alkyl halides is 2. The van der Waals surface area contributed by atoms with E-state index in [-0.39, 0.29) is 47.5 Å². The van der Waals surface area contributed by atoms with Gasteiger partial charge in [-0.15, -0.1) is 0 Å². The highest BCUT2D eigenvalue weighted by Gasteiger charge is 2.67. The van der Waals surface area contributed by atoms with E-state index in [0.29, 0.717) is 6.42 Å². The fourth-order valence-electron chi connectivity index (χ4n) is 8.47. The number of aliphatic carboxylic acids is 1. The lowest BCUT2D eigenvalue weighted by molar-refractivity contribution is -0.232. The standard InChI is InChI=1S/C24H38F2O3/c1-22-10-5-4-6-17(22)13-24(25,26)20-18-8-7-16(12-15(14-29-3)21(27)28)23(18,2)11-9-19(20)22/h15-20H,4-14H2,1-3H3,(H,27,28). The summed E-state index contributed by atoms with van der Waals surface area (Å²) in [5, 5.41) is 9.58. The van der Waals surface area contributed by atoms with Crippen molar-refractivity contribution in [2.24, 2.45) is 46.3 Å². The Balaban J connectivity index is 1.60. The van der Waals surface area contributed by atoms with Crippen LogP contribution in [-0.4, -0.2) is 30.7 Å². The minimum Gasteiger partial charge on any atom is -0.481 e. The lowest BCUT2D eigenvalue weighted by Crippen LogP contribution is -2.60. The summed E-state index contributed by atoms with van der Waals surface area (Å²) >= 11 is 0. The molecule has 0 saturated heterocycles. The minimum absolute atomic E-state index is 0.0259. The lowest BCUT2D eigenvalue weighted by atomic mass is 9.44. The average Bonchev–Trinajstić information content (AvgIpc) is 2.98. The first-order valence-electron chi connectivity index (χ1n) is 11.7. The van der Waals surface area contributed by atoms with Crippen LogP contribution in [0.15, 0.2) is 0 Å². The Morgan fingerprint density at radius 3 is 2.48 bits per heavy atom. The van der Waals surface area contributed by atoms with Crippen LogP contribution < -0.4 is 0 Å². The van der Waals surface area contributed by atoms with Crippen molar-refractivity contribution >= 4 is 5.97 Å². The van der Waals surface area contributed by atoms with Crippen molar-refractivity contribution in [1.82, 2.24) is 0 Å². The smallest absolute Gasteiger partial charge is 0.308 e. The van der Waals surface area contributed by atoms with Gasteiger partial charge in [0, 0.05) is 19.4 Å². The molecule has 0 bridgehead atoms. The van der Waals surface area contributed by atoms with Crippen LogP contribution in [0.5, 0.6) is 0 Å². The van der Waals surface area contributed by atoms with E-state index in [2.05, 4.69) is 13.8 Å². The molecule has 29 heavy (non-hydrogen) atoms. The normalized spacial score (nSPS) is 47.0. The maximum absolute atomic E-state index is 15.6. The highest BCUT2D eigenvalue weighted by Crippen LogP contribution is 2.70. The molecule has 3 nitrogen and oxygen atoms in total. The maximum Gasteiger partial charge on any atom is 0.308 e. The monoisotopic (exact) mass is 412 g/mol. The summed E-state index contributed by atoms with van der Waals surface area (Å²) in [7, 11) is 1.53. The van der Waals surface area contributed by atoms with Crippen molar-refractivity contribution in [2.45, 2.75) is 84.0 Å². The van der Waals surface area contributed by atoms with Gasteiger partial charge in [0.25, 0.3) is 5.92 Å². The van der Waals surface area contributed by atoms with Crippen molar-refractivity contribution < 1.29 is 23.4 Å². The van der Waals surface area contributed by atoms with Gasteiger partial charge in [-0.25, -0.2) is 8.78 Å². The third kappa shape index (κ3) is 3.34. The second-order valence-electron chi connectivity index (χ2n) is 11.2. The minimum atomic E-state index is -2.58. The van der Waals surface area contributed by atoms with E-state index < -0.39 is 23.7 Å². The zero-order chi connectivity index (χ0) is 21.0. The van der Waals surface area contributed by atoms with Gasteiger partial charge >= 0.3 is 5.97 Å². The van der Waals surface area contributed by atoms with Crippen molar-refractivity contribution in [2.75, 3.05) is 13.7 Å². The van der Waals surface area contributed by atoms with E-state index in [0.717, 1.165) is 44.9 Å². The van der Waals surface area contributed by atoms with Crippen LogP contribution in [0.25, 0.3) is 0 Å². The Morgan fingerprint density at radius 1 is 1.07 bits per heavy atom. The molecule has 0 spiro atoms. The number of ether oxygens (including phenoxy) is 1. The number of carbonyl (C=O) groups is 1. The molecule has 4 aliphatic rings. The molecule has 4 rings (SSSR count). The van der Waals surface area contributed by atoms with E-state index in [1.807, 2.05) is 0 Å². The molecule has 0 radical (unpaired) electrons. The van der Waals surface area contributed by atoms with Crippen molar-refractivity contribution in [3.63, 3.8) is 0 Å². The van der Waals surface area contributed by atoms with Crippen molar-refractivity contribution in [3.05, 3.63) is 0 Å². The Labute approximate surface area is 174 Å². The zero-order valence-electron chi connectivity index (χ0n) is 18.3. The summed E-state index contributed by atoms with van der Waals surface area (Å²) in [6, 6.07) is 0. The third-order valence-corrected chi connectivity index (χ3v) is 10.1. The molecular weight excluding hydrogens is 374 g/mol. The number of hydrogen-bond donors (Lipinski definition) is 1. The zero-order valence-corrected chi connectivity index (χ0v) is 18.3. The number of fused-ring (bicyclic) bond motifs is 5. The molecule has 8 atom stereocenters. The molecule has 0 aromatic carbocycles. The fraction of sp³-hybridized carbons (Fsp3) is 0.958. The van der Waals surface area contributed by atoms with Crippen LogP contribution in [-0.2, 0) is 9.53 Å². The van der Waals surface area contributed by atoms with Gasteiger partial charge in [0.1, 0.15) is 0 Å². The summed E-state index contributed by atoms with van der Waals surface area (Å²) < 4.78 is 36.4. The Kier molecular flexibility index (Phi) is 5.53. The molecule has 8 unspecified atom stereocenters. The molecule has 0 amide bonds. The molecule has 0 heterocycles. The number of carboxylic acid groups (broad SMARTS) is 1. The molecule has 4 saturated carbocycles. The quantitative estimate of drug-likeness (QED) is 0.601. The van der Waals surface area contributed by atoms with Gasteiger partial charge in [-0.2, -0.15) is 0 Å². The Morgan fingerprint density at radius 2 is 1.79 bits per heavy atom. The second-order valence-corrected chi connectivity index (χ2v) is 11.2. The highest BCUT2D eigenvalue weighted by atomic mass is 19.3. The molecule has 166 valence electrons. The van der Waals surface area contributed by atoms with Gasteiger partial charge in [-0.05, 0) is 79.4 Å². The molecular formula is C24H38F2O3. The topological polar surface area (TPSA) is 46.5 Å². The summed E-state index contributed by atoms with van der Waals surface area (Å²) in [6.45, 7) is 4.72. The first-order chi connectivity index (χ1) is 13.6. The number of hydrogen-bond acceptors (Lipinski definition) is 2. The first-order valence-corrected chi connectivity index (χ1v) is 11.7. The van der Waals surface area contributed by atoms with Crippen molar-refractivity contribution in [3.8, 4) is 0 Å². The van der Waals surface area contributed by atoms with Gasteiger partial charge in [-0.1, -0.05) is 26.7 Å². The Hall–Kier alpha value is -0.710. The number of carboxylic acids is 1. The summed E-state index contributed by atoms with van der Waals surface area (Å²) in [5.74, 6) is -3.92. The largest absolute Gasteiger partial charge is 0.481 e. The van der Waals surface area contributed by atoms with E-state index in [4.69, 9.17) is 4.74 Å². The van der Waals surface area contributed by atoms with Crippen molar-refractivity contribution in [1.29, 1.82) is 0 Å².